The number of anilines is 1. The van der Waals surface area contributed by atoms with E-state index in [4.69, 9.17) is 5.73 Å². The smallest absolute Gasteiger partial charge is 0.248 e. The third-order valence-corrected chi connectivity index (χ3v) is 6.72. The molecule has 184 valence electrons. The number of likely N-dealkylation sites (tertiary alicyclic amines) is 1. The van der Waals surface area contributed by atoms with Crippen LogP contribution in [0.4, 0.5) is 5.82 Å². The normalized spacial score (nSPS) is 21.5. The van der Waals surface area contributed by atoms with Gasteiger partial charge in [-0.2, -0.15) is 0 Å². The van der Waals surface area contributed by atoms with Gasteiger partial charge in [-0.15, -0.1) is 5.10 Å². The average molecular weight is 470 g/mol. The van der Waals surface area contributed by atoms with E-state index < -0.39 is 23.6 Å². The van der Waals surface area contributed by atoms with E-state index in [9.17, 15) is 14.7 Å². The first kappa shape index (κ1) is 24.1. The summed E-state index contributed by atoms with van der Waals surface area (Å²) in [6, 6.07) is 0.367. The van der Waals surface area contributed by atoms with Crippen molar-refractivity contribution in [1.29, 1.82) is 0 Å². The van der Waals surface area contributed by atoms with Crippen molar-refractivity contribution in [1.82, 2.24) is 30.2 Å². The molecule has 34 heavy (non-hydrogen) atoms. The first-order chi connectivity index (χ1) is 16.0. The van der Waals surface area contributed by atoms with Crippen LogP contribution in [-0.4, -0.2) is 60.5 Å². The fourth-order valence-electron chi connectivity index (χ4n) is 4.77. The molecule has 2 fully saturated rings. The number of β-amino-alcohol motifs (C(OH)–C–C–N with tert-alkyl or cyclic N) is 1. The number of carbonyl (C=O) groups excluding carboxylic acids is 2. The molecular weight excluding hydrogens is 434 g/mol. The van der Waals surface area contributed by atoms with E-state index in [1.807, 2.05) is 40.8 Å². The van der Waals surface area contributed by atoms with Gasteiger partial charge in [0.2, 0.25) is 11.8 Å². The standard InChI is InChI=1S/C24H35N7O3/c1-13-8-20(25)27-14(2)17(13)10-26-22(33)19-9-16(32)11-30(19)23(34)21(24(3,4)5)31-12-18(28-29-31)15-6-7-15/h8,12,15-16,19,21,32H,6-7,9-11H2,1-5H3,(H2,25,27)(H,26,33)/t16-,19+,21-/m1/s1. The number of rotatable bonds is 6. The number of aliphatic hydroxyl groups is 1. The molecule has 2 aromatic rings. The number of amides is 2. The molecule has 0 bridgehead atoms. The van der Waals surface area contributed by atoms with Crippen molar-refractivity contribution in [3.8, 4) is 0 Å². The molecule has 4 rings (SSSR count). The van der Waals surface area contributed by atoms with Crippen LogP contribution < -0.4 is 11.1 Å². The van der Waals surface area contributed by atoms with Gasteiger partial charge in [-0.05, 0) is 49.3 Å². The first-order valence-electron chi connectivity index (χ1n) is 11.9. The second-order valence-corrected chi connectivity index (χ2v) is 10.7. The number of carbonyl (C=O) groups is 2. The van der Waals surface area contributed by atoms with Gasteiger partial charge < -0.3 is 21.1 Å². The van der Waals surface area contributed by atoms with Crippen molar-refractivity contribution in [3.63, 3.8) is 0 Å². The number of aliphatic hydroxyl groups excluding tert-OH is 1. The number of hydrogen-bond donors (Lipinski definition) is 3. The van der Waals surface area contributed by atoms with Crippen LogP contribution in [0, 0.1) is 19.3 Å². The van der Waals surface area contributed by atoms with Crippen LogP contribution in [0.1, 0.15) is 74.5 Å². The topological polar surface area (TPSA) is 139 Å². The fourth-order valence-corrected chi connectivity index (χ4v) is 4.77. The Bertz CT molecular complexity index is 1060. The molecule has 2 amide bonds. The number of nitrogen functional groups attached to an aromatic ring is 1. The second-order valence-electron chi connectivity index (χ2n) is 10.7. The van der Waals surface area contributed by atoms with E-state index in [1.54, 1.807) is 10.7 Å². The summed E-state index contributed by atoms with van der Waals surface area (Å²) >= 11 is 0. The zero-order valence-corrected chi connectivity index (χ0v) is 20.6. The summed E-state index contributed by atoms with van der Waals surface area (Å²) in [5.41, 5.74) is 8.82. The lowest BCUT2D eigenvalue weighted by atomic mass is 9.85. The molecule has 0 radical (unpaired) electrons. The Morgan fingerprint density at radius 3 is 2.62 bits per heavy atom. The van der Waals surface area contributed by atoms with Crippen LogP contribution in [0.25, 0.3) is 0 Å². The summed E-state index contributed by atoms with van der Waals surface area (Å²) in [5, 5.41) is 21.9. The predicted octanol–water partition coefficient (Wildman–Crippen LogP) is 1.61. The Hall–Kier alpha value is -3.01. The summed E-state index contributed by atoms with van der Waals surface area (Å²) in [6.45, 7) is 10.1. The zero-order chi connectivity index (χ0) is 24.8. The number of hydrogen-bond acceptors (Lipinski definition) is 7. The summed E-state index contributed by atoms with van der Waals surface area (Å²) in [6.07, 6.45) is 3.47. The van der Waals surface area contributed by atoms with E-state index in [0.717, 1.165) is 35.4 Å². The summed E-state index contributed by atoms with van der Waals surface area (Å²) in [4.78, 5) is 32.7. The third-order valence-electron chi connectivity index (χ3n) is 6.72. The van der Waals surface area contributed by atoms with Crippen molar-refractivity contribution < 1.29 is 14.7 Å². The van der Waals surface area contributed by atoms with Crippen LogP contribution in [0.5, 0.6) is 0 Å². The van der Waals surface area contributed by atoms with Crippen LogP contribution in [0.2, 0.25) is 0 Å². The van der Waals surface area contributed by atoms with Gasteiger partial charge in [-0.3, -0.25) is 9.59 Å². The van der Waals surface area contributed by atoms with Crippen molar-refractivity contribution in [2.45, 2.75) is 84.5 Å². The minimum atomic E-state index is -0.764. The van der Waals surface area contributed by atoms with Gasteiger partial charge in [0, 0.05) is 37.3 Å². The highest BCUT2D eigenvalue weighted by atomic mass is 16.3. The van der Waals surface area contributed by atoms with Gasteiger partial charge in [0.05, 0.1) is 11.8 Å². The van der Waals surface area contributed by atoms with E-state index >= 15 is 0 Å². The number of nitrogens with zero attached hydrogens (tertiary/aromatic N) is 5. The molecule has 0 aromatic carbocycles. The molecular formula is C24H35N7O3. The highest BCUT2D eigenvalue weighted by molar-refractivity contribution is 5.90. The van der Waals surface area contributed by atoms with E-state index in [-0.39, 0.29) is 31.3 Å². The second kappa shape index (κ2) is 8.98. The molecule has 1 aliphatic heterocycles. The van der Waals surface area contributed by atoms with Gasteiger partial charge in [0.25, 0.3) is 0 Å². The number of nitrogens with one attached hydrogen (secondary N) is 1. The Morgan fingerprint density at radius 2 is 2.00 bits per heavy atom. The fraction of sp³-hybridized carbons (Fsp3) is 0.625. The van der Waals surface area contributed by atoms with Gasteiger partial charge in [-0.25, -0.2) is 9.67 Å². The maximum atomic E-state index is 13.8. The Balaban J connectivity index is 1.53. The van der Waals surface area contributed by atoms with E-state index in [2.05, 4.69) is 20.6 Å². The predicted molar refractivity (Wildman–Crippen MR) is 127 cm³/mol. The minimum absolute atomic E-state index is 0.106. The molecule has 2 aromatic heterocycles. The molecule has 0 unspecified atom stereocenters. The number of pyridine rings is 1. The van der Waals surface area contributed by atoms with Crippen LogP contribution in [0.3, 0.4) is 0 Å². The average Bonchev–Trinajstić information content (AvgIpc) is 3.33. The molecule has 0 spiro atoms. The van der Waals surface area contributed by atoms with Crippen LogP contribution >= 0.6 is 0 Å². The summed E-state index contributed by atoms with van der Waals surface area (Å²) in [7, 11) is 0. The molecule has 3 atom stereocenters. The molecule has 2 aliphatic rings. The van der Waals surface area contributed by atoms with Gasteiger partial charge in [-0.1, -0.05) is 26.0 Å². The SMILES string of the molecule is Cc1cc(N)nc(C)c1CNC(=O)[C@@H]1C[C@@H](O)CN1C(=O)[C@@H](n1cc(C2CC2)nn1)C(C)(C)C. The number of aromatic nitrogens is 4. The molecule has 10 nitrogen and oxygen atoms in total. The lowest BCUT2D eigenvalue weighted by Gasteiger charge is -2.34. The highest BCUT2D eigenvalue weighted by Crippen LogP contribution is 2.40. The largest absolute Gasteiger partial charge is 0.391 e. The molecule has 1 aliphatic carbocycles. The highest BCUT2D eigenvalue weighted by Gasteiger charge is 2.45. The molecule has 4 N–H and O–H groups in total. The Kier molecular flexibility index (Phi) is 6.37. The minimum Gasteiger partial charge on any atom is -0.391 e. The Labute approximate surface area is 199 Å². The quantitative estimate of drug-likeness (QED) is 0.584. The Morgan fingerprint density at radius 1 is 1.29 bits per heavy atom. The molecule has 3 heterocycles. The van der Waals surface area contributed by atoms with E-state index in [0.29, 0.717) is 11.7 Å². The number of aryl methyl sites for hydroxylation is 2. The monoisotopic (exact) mass is 469 g/mol. The summed E-state index contributed by atoms with van der Waals surface area (Å²) < 4.78 is 1.63. The van der Waals surface area contributed by atoms with Gasteiger partial charge in [0.1, 0.15) is 17.9 Å². The molecule has 10 heteroatoms. The summed E-state index contributed by atoms with van der Waals surface area (Å²) in [5.74, 6) is 0.321. The van der Waals surface area contributed by atoms with E-state index in [1.165, 1.54) is 4.90 Å². The number of nitrogens with two attached hydrogens (primary N) is 1. The lowest BCUT2D eigenvalue weighted by Crippen LogP contribution is -2.50. The van der Waals surface area contributed by atoms with Crippen molar-refractivity contribution in [2.24, 2.45) is 5.41 Å². The van der Waals surface area contributed by atoms with Crippen LogP contribution in [-0.2, 0) is 16.1 Å². The zero-order valence-electron chi connectivity index (χ0n) is 20.6. The van der Waals surface area contributed by atoms with Crippen molar-refractivity contribution in [2.75, 3.05) is 12.3 Å². The van der Waals surface area contributed by atoms with Crippen molar-refractivity contribution in [3.05, 3.63) is 34.8 Å². The van der Waals surface area contributed by atoms with Crippen molar-refractivity contribution >= 4 is 17.6 Å². The van der Waals surface area contributed by atoms with Gasteiger partial charge >= 0.3 is 0 Å². The maximum absolute atomic E-state index is 13.8. The third kappa shape index (κ3) is 4.91. The molecule has 1 saturated heterocycles. The molecule has 1 saturated carbocycles. The van der Waals surface area contributed by atoms with Crippen LogP contribution in [0.15, 0.2) is 12.3 Å². The lowest BCUT2D eigenvalue weighted by molar-refractivity contribution is -0.144. The van der Waals surface area contributed by atoms with Gasteiger partial charge in [0.15, 0.2) is 0 Å². The first-order valence-corrected chi connectivity index (χ1v) is 11.9. The maximum Gasteiger partial charge on any atom is 0.248 e.